The number of nitrogens with one attached hydrogen (secondary N) is 1. The number of carbonyl (C=O) groups excluding carboxylic acids is 2. The molecule has 0 aromatic heterocycles. The first-order valence-electron chi connectivity index (χ1n) is 7.43. The van der Waals surface area contributed by atoms with E-state index in [1.165, 1.54) is 24.3 Å². The summed E-state index contributed by atoms with van der Waals surface area (Å²) in [5.74, 6) is -1.77. The van der Waals surface area contributed by atoms with Crippen molar-refractivity contribution >= 4 is 21.8 Å². The van der Waals surface area contributed by atoms with Gasteiger partial charge in [-0.25, -0.2) is 22.0 Å². The second-order valence-electron chi connectivity index (χ2n) is 5.18. The van der Waals surface area contributed by atoms with E-state index in [1.807, 2.05) is 0 Å². The molecule has 0 saturated carbocycles. The standard InChI is InChI=1S/C18H13F2NO5S/c1-2-9-21-27(24,25)14-6-3-12(4-7-14)18(23)26-11-17(22)13-5-8-15(19)16(20)10-13/h1,3-8,10,21H,9,11H2. The lowest BCUT2D eigenvalue weighted by atomic mass is 10.1. The fourth-order valence-electron chi connectivity index (χ4n) is 1.96. The molecule has 2 aromatic rings. The molecule has 6 nitrogen and oxygen atoms in total. The highest BCUT2D eigenvalue weighted by molar-refractivity contribution is 7.89. The molecule has 0 atom stereocenters. The molecule has 140 valence electrons. The van der Waals surface area contributed by atoms with Gasteiger partial charge >= 0.3 is 5.97 Å². The number of sulfonamides is 1. The number of halogens is 2. The van der Waals surface area contributed by atoms with Crippen LogP contribution >= 0.6 is 0 Å². The molecule has 2 aromatic carbocycles. The van der Waals surface area contributed by atoms with Crippen LogP contribution in [0.25, 0.3) is 0 Å². The number of benzene rings is 2. The topological polar surface area (TPSA) is 89.5 Å². The molecule has 0 bridgehead atoms. The Kier molecular flexibility index (Phi) is 6.39. The number of ketones is 1. The third-order valence-corrected chi connectivity index (χ3v) is 4.76. The number of Topliss-reactive ketones (excluding diaryl/α,β-unsaturated/α-hetero) is 1. The Morgan fingerprint density at radius 2 is 1.67 bits per heavy atom. The highest BCUT2D eigenvalue weighted by atomic mass is 32.2. The van der Waals surface area contributed by atoms with Gasteiger partial charge in [-0.3, -0.25) is 4.79 Å². The first kappa shape index (κ1) is 20.2. The summed E-state index contributed by atoms with van der Waals surface area (Å²) in [6.45, 7) is -0.869. The lowest BCUT2D eigenvalue weighted by Crippen LogP contribution is -2.24. The van der Waals surface area contributed by atoms with Gasteiger partial charge in [-0.05, 0) is 42.5 Å². The molecule has 2 rings (SSSR count). The van der Waals surface area contributed by atoms with Crippen LogP contribution in [0.4, 0.5) is 8.78 Å². The second-order valence-corrected chi connectivity index (χ2v) is 6.95. The normalized spacial score (nSPS) is 10.9. The van der Waals surface area contributed by atoms with Gasteiger partial charge in [0, 0.05) is 5.56 Å². The molecule has 9 heteroatoms. The summed E-state index contributed by atoms with van der Waals surface area (Å²) in [7, 11) is -3.80. The van der Waals surface area contributed by atoms with E-state index >= 15 is 0 Å². The Labute approximate surface area is 154 Å². The van der Waals surface area contributed by atoms with Gasteiger partial charge in [0.25, 0.3) is 0 Å². The summed E-state index contributed by atoms with van der Waals surface area (Å²) < 4.78 is 56.7. The van der Waals surface area contributed by atoms with Gasteiger partial charge in [-0.15, -0.1) is 6.42 Å². The zero-order chi connectivity index (χ0) is 20.0. The Hall–Kier alpha value is -3.09. The summed E-state index contributed by atoms with van der Waals surface area (Å²) in [5, 5.41) is 0. The monoisotopic (exact) mass is 393 g/mol. The Morgan fingerprint density at radius 1 is 1.04 bits per heavy atom. The number of esters is 1. The minimum Gasteiger partial charge on any atom is -0.454 e. The van der Waals surface area contributed by atoms with Gasteiger partial charge in [-0.2, -0.15) is 4.72 Å². The molecule has 1 N–H and O–H groups in total. The summed E-state index contributed by atoms with van der Waals surface area (Å²) in [6.07, 6.45) is 4.99. The summed E-state index contributed by atoms with van der Waals surface area (Å²) in [5.41, 5.74) is -0.147. The predicted molar refractivity (Wildman–Crippen MR) is 91.4 cm³/mol. The van der Waals surface area contributed by atoms with Crippen molar-refractivity contribution in [1.82, 2.24) is 4.72 Å². The summed E-state index contributed by atoms with van der Waals surface area (Å²) >= 11 is 0. The molecule has 0 saturated heterocycles. The van der Waals surface area contributed by atoms with Crippen LogP contribution in [0.1, 0.15) is 20.7 Å². The van der Waals surface area contributed by atoms with Crippen molar-refractivity contribution in [2.75, 3.05) is 13.2 Å². The molecule has 27 heavy (non-hydrogen) atoms. The van der Waals surface area contributed by atoms with Gasteiger partial charge in [0.15, 0.2) is 24.0 Å². The smallest absolute Gasteiger partial charge is 0.338 e. The number of carbonyl (C=O) groups is 2. The number of hydrogen-bond acceptors (Lipinski definition) is 5. The van der Waals surface area contributed by atoms with Crippen LogP contribution in [0, 0.1) is 24.0 Å². The van der Waals surface area contributed by atoms with Crippen molar-refractivity contribution in [3.05, 3.63) is 65.2 Å². The van der Waals surface area contributed by atoms with E-state index in [1.54, 1.807) is 0 Å². The Balaban J connectivity index is 2.01. The molecule has 0 aliphatic carbocycles. The van der Waals surface area contributed by atoms with Crippen LogP contribution in [0.3, 0.4) is 0 Å². The van der Waals surface area contributed by atoms with Crippen LogP contribution in [0.15, 0.2) is 47.4 Å². The van der Waals surface area contributed by atoms with Crippen LogP contribution in [-0.2, 0) is 14.8 Å². The lowest BCUT2D eigenvalue weighted by molar-refractivity contribution is 0.0474. The molecule has 0 spiro atoms. The number of terminal acetylenes is 1. The SMILES string of the molecule is C#CCNS(=O)(=O)c1ccc(C(=O)OCC(=O)c2ccc(F)c(F)c2)cc1. The Bertz CT molecular complexity index is 1010. The van der Waals surface area contributed by atoms with Crippen LogP contribution in [0.2, 0.25) is 0 Å². The first-order chi connectivity index (χ1) is 12.7. The van der Waals surface area contributed by atoms with Gasteiger partial charge < -0.3 is 4.74 Å². The minimum atomic E-state index is -3.80. The average molecular weight is 393 g/mol. The molecular weight excluding hydrogens is 380 g/mol. The number of rotatable bonds is 7. The zero-order valence-electron chi connectivity index (χ0n) is 13.7. The van der Waals surface area contributed by atoms with Gasteiger partial charge in [0.1, 0.15) is 0 Å². The minimum absolute atomic E-state index is 0.00369. The third-order valence-electron chi connectivity index (χ3n) is 3.34. The van der Waals surface area contributed by atoms with Crippen molar-refractivity contribution in [1.29, 1.82) is 0 Å². The van der Waals surface area contributed by atoms with Crippen LogP contribution in [-0.4, -0.2) is 33.3 Å². The average Bonchev–Trinajstić information content (AvgIpc) is 2.66. The molecule has 0 amide bonds. The largest absolute Gasteiger partial charge is 0.454 e. The van der Waals surface area contributed by atoms with Gasteiger partial charge in [-0.1, -0.05) is 5.92 Å². The van der Waals surface area contributed by atoms with E-state index in [-0.39, 0.29) is 22.6 Å². The molecule has 0 unspecified atom stereocenters. The van der Waals surface area contributed by atoms with E-state index in [4.69, 9.17) is 11.2 Å². The third kappa shape index (κ3) is 5.20. The quantitative estimate of drug-likeness (QED) is 0.441. The van der Waals surface area contributed by atoms with E-state index in [0.29, 0.717) is 6.07 Å². The molecule has 0 aliphatic heterocycles. The highest BCUT2D eigenvalue weighted by Gasteiger charge is 2.16. The molecular formula is C18H13F2NO5S. The van der Waals surface area contributed by atoms with E-state index < -0.39 is 40.0 Å². The maximum Gasteiger partial charge on any atom is 0.338 e. The fraction of sp³-hybridized carbons (Fsp3) is 0.111. The molecule has 0 heterocycles. The maximum atomic E-state index is 13.1. The summed E-state index contributed by atoms with van der Waals surface area (Å²) in [6, 6.07) is 7.31. The van der Waals surface area contributed by atoms with Crippen LogP contribution in [0.5, 0.6) is 0 Å². The molecule has 0 radical (unpaired) electrons. The van der Waals surface area contributed by atoms with Crippen molar-refractivity contribution in [3.63, 3.8) is 0 Å². The number of hydrogen-bond donors (Lipinski definition) is 1. The lowest BCUT2D eigenvalue weighted by Gasteiger charge is -2.07. The molecule has 0 aliphatic rings. The van der Waals surface area contributed by atoms with Crippen LogP contribution < -0.4 is 4.72 Å². The highest BCUT2D eigenvalue weighted by Crippen LogP contribution is 2.13. The Morgan fingerprint density at radius 3 is 2.26 bits per heavy atom. The van der Waals surface area contributed by atoms with Crippen molar-refractivity contribution < 1.29 is 31.5 Å². The van der Waals surface area contributed by atoms with E-state index in [0.717, 1.165) is 12.1 Å². The fourth-order valence-corrected chi connectivity index (χ4v) is 2.89. The van der Waals surface area contributed by atoms with Crippen molar-refractivity contribution in [2.24, 2.45) is 0 Å². The van der Waals surface area contributed by atoms with Gasteiger partial charge in [0.2, 0.25) is 10.0 Å². The molecule has 0 fully saturated rings. The second kappa shape index (κ2) is 8.53. The number of ether oxygens (including phenoxy) is 1. The van der Waals surface area contributed by atoms with Crippen molar-refractivity contribution in [2.45, 2.75) is 4.90 Å². The maximum absolute atomic E-state index is 13.1. The van der Waals surface area contributed by atoms with E-state index in [2.05, 4.69) is 10.6 Å². The van der Waals surface area contributed by atoms with Crippen molar-refractivity contribution in [3.8, 4) is 12.3 Å². The summed E-state index contributed by atoms with van der Waals surface area (Å²) in [4.78, 5) is 23.7. The predicted octanol–water partition coefficient (Wildman–Crippen LogP) is 1.92. The zero-order valence-corrected chi connectivity index (χ0v) is 14.6. The van der Waals surface area contributed by atoms with E-state index in [9.17, 15) is 26.8 Å². The first-order valence-corrected chi connectivity index (χ1v) is 8.91. The van der Waals surface area contributed by atoms with Gasteiger partial charge in [0.05, 0.1) is 17.0 Å².